The number of hydrogen-bond donors (Lipinski definition) is 1. The maximum atomic E-state index is 10.1. The molecule has 60 valence electrons. The van der Waals surface area contributed by atoms with Crippen LogP contribution in [0, 0.1) is 0 Å². The van der Waals surface area contributed by atoms with Crippen LogP contribution in [0.15, 0.2) is 0 Å². The minimum atomic E-state index is -4.48. The average Bonchev–Trinajstić information content (AvgIpc) is 1.60. The second kappa shape index (κ2) is 3.08. The van der Waals surface area contributed by atoms with Gasteiger partial charge in [0.1, 0.15) is 0 Å². The minimum absolute atomic E-state index is 1.39. The van der Waals surface area contributed by atoms with Crippen molar-refractivity contribution in [3.8, 4) is 0 Å². The molecule has 1 atom stereocenters. The van der Waals surface area contributed by atoms with Crippen molar-refractivity contribution in [2.45, 2.75) is 0 Å². The van der Waals surface area contributed by atoms with Crippen LogP contribution < -0.4 is 0 Å². The summed E-state index contributed by atoms with van der Waals surface area (Å²) in [5.41, 5.74) is 0. The molecule has 0 aromatic heterocycles. The maximum Gasteiger partial charge on any atom is 0.319 e. The number of hydrogen-bond acceptors (Lipinski definition) is 5. The molecule has 10 heavy (non-hydrogen) atoms. The molecule has 0 fully saturated rings. The number of carboxylic acid groups (broad SMARTS) is 1. The number of carbonyl (C=O) groups is 1. The Kier molecular flexibility index (Phi) is 2.94. The van der Waals surface area contributed by atoms with Crippen LogP contribution in [0.25, 0.3) is 0 Å². The van der Waals surface area contributed by atoms with Crippen LogP contribution in [-0.4, -0.2) is 34.0 Å². The summed E-state index contributed by atoms with van der Waals surface area (Å²) in [6, 6.07) is 0. The van der Waals surface area contributed by atoms with E-state index in [1.54, 1.807) is 0 Å². The van der Waals surface area contributed by atoms with E-state index in [0.717, 1.165) is 0 Å². The van der Waals surface area contributed by atoms with Crippen molar-refractivity contribution >= 4 is 25.0 Å². The van der Waals surface area contributed by atoms with Crippen LogP contribution in [0.2, 0.25) is 0 Å². The van der Waals surface area contributed by atoms with Gasteiger partial charge in [0.25, 0.3) is 0 Å². The van der Waals surface area contributed by atoms with Gasteiger partial charge in [-0.25, -0.2) is 8.42 Å². The van der Waals surface area contributed by atoms with E-state index in [4.69, 9.17) is 5.11 Å². The Bertz CT molecular complexity index is 249. The predicted molar refractivity (Wildman–Crippen MR) is 30.3 cm³/mol. The molecule has 0 aliphatic carbocycles. The van der Waals surface area contributed by atoms with Crippen molar-refractivity contribution in [2.75, 3.05) is 5.75 Å². The van der Waals surface area contributed by atoms with Crippen LogP contribution in [-0.2, 0) is 23.8 Å². The van der Waals surface area contributed by atoms with E-state index in [-0.39, 0.29) is 0 Å². The third-order valence-corrected chi connectivity index (χ3v) is 3.12. The number of aliphatic carboxylic acids is 1. The molecule has 6 nitrogen and oxygen atoms in total. The first kappa shape index (κ1) is 9.53. The fraction of sp³-hybridized carbons (Fsp3) is 0.500. The third kappa shape index (κ3) is 2.90. The normalized spacial score (nSPS) is 14.5. The zero-order valence-electron chi connectivity index (χ0n) is 4.51. The van der Waals surface area contributed by atoms with Crippen LogP contribution in [0.5, 0.6) is 0 Å². The number of carboxylic acids is 1. The van der Waals surface area contributed by atoms with E-state index in [1.165, 1.54) is 0 Å². The molecule has 0 aliphatic rings. The van der Waals surface area contributed by atoms with Gasteiger partial charge in [0.2, 0.25) is 8.87 Å². The van der Waals surface area contributed by atoms with E-state index >= 15 is 0 Å². The molecule has 0 rings (SSSR count). The lowest BCUT2D eigenvalue weighted by Crippen LogP contribution is -2.18. The lowest BCUT2D eigenvalue weighted by molar-refractivity contribution is -0.134. The van der Waals surface area contributed by atoms with Gasteiger partial charge >= 0.3 is 5.97 Å². The van der Waals surface area contributed by atoms with E-state index in [1.807, 2.05) is 0 Å². The van der Waals surface area contributed by atoms with Crippen molar-refractivity contribution in [2.24, 2.45) is 0 Å². The van der Waals surface area contributed by atoms with Gasteiger partial charge < -0.3 is 9.66 Å². The predicted octanol–water partition coefficient (Wildman–Crippen LogP) is -1.72. The monoisotopic (exact) mass is 187 g/mol. The zero-order valence-corrected chi connectivity index (χ0v) is 6.15. The van der Waals surface area contributed by atoms with Gasteiger partial charge in [-0.2, -0.15) is 0 Å². The Morgan fingerprint density at radius 3 is 2.10 bits per heavy atom. The van der Waals surface area contributed by atoms with Gasteiger partial charge in [-0.1, -0.05) is 0 Å². The first-order valence-corrected chi connectivity index (χ1v) is 5.15. The highest BCUT2D eigenvalue weighted by Gasteiger charge is 2.15. The molecule has 0 heterocycles. The van der Waals surface area contributed by atoms with Gasteiger partial charge in [-0.15, -0.1) is 0 Å². The van der Waals surface area contributed by atoms with E-state index < -0.39 is 30.7 Å². The molecular weight excluding hydrogens is 184 g/mol. The summed E-state index contributed by atoms with van der Waals surface area (Å²) in [4.78, 5) is 9.67. The van der Waals surface area contributed by atoms with Gasteiger partial charge in [0, 0.05) is 0 Å². The SMILES string of the molecule is O=C(O)CS(=O)(=O)S(=O)[O-]. The first-order chi connectivity index (χ1) is 4.36. The summed E-state index contributed by atoms with van der Waals surface area (Å²) in [6.45, 7) is 0. The Hall–Kier alpha value is -0.470. The fourth-order valence-electron chi connectivity index (χ4n) is 0.199. The molecule has 0 aromatic carbocycles. The average molecular weight is 187 g/mol. The van der Waals surface area contributed by atoms with Gasteiger partial charge in [-0.05, 0) is 0 Å². The molecular formula is C2H3O6S2-. The largest absolute Gasteiger partial charge is 0.760 e. The standard InChI is InChI=1S/C2H4O6S2/c3-2(4)1-10(7,8)9(5)6/h1H2,(H,3,4)(H,5,6)/p-1. The highest BCUT2D eigenvalue weighted by atomic mass is 33.2. The second-order valence-electron chi connectivity index (χ2n) is 1.30. The van der Waals surface area contributed by atoms with Crippen molar-refractivity contribution in [3.63, 3.8) is 0 Å². The third-order valence-electron chi connectivity index (χ3n) is 0.508. The van der Waals surface area contributed by atoms with Gasteiger partial charge in [0.05, 0.1) is 10.1 Å². The van der Waals surface area contributed by atoms with Crippen molar-refractivity contribution in [1.82, 2.24) is 0 Å². The Morgan fingerprint density at radius 1 is 1.60 bits per heavy atom. The summed E-state index contributed by atoms with van der Waals surface area (Å²) in [5, 5.41) is 7.85. The summed E-state index contributed by atoms with van der Waals surface area (Å²) in [5.74, 6) is -3.08. The lowest BCUT2D eigenvalue weighted by Gasteiger charge is -2.01. The summed E-state index contributed by atoms with van der Waals surface area (Å²) >= 11 is 0. The van der Waals surface area contributed by atoms with Crippen LogP contribution in [0.1, 0.15) is 0 Å². The quantitative estimate of drug-likeness (QED) is 0.415. The Morgan fingerprint density at radius 2 is 2.00 bits per heavy atom. The Balaban J connectivity index is 4.46. The first-order valence-electron chi connectivity index (χ1n) is 1.90. The molecule has 0 spiro atoms. The van der Waals surface area contributed by atoms with Crippen molar-refractivity contribution in [3.05, 3.63) is 0 Å². The molecule has 0 saturated heterocycles. The molecule has 0 bridgehead atoms. The lowest BCUT2D eigenvalue weighted by atomic mass is 10.8. The van der Waals surface area contributed by atoms with Gasteiger partial charge in [-0.3, -0.25) is 9.00 Å². The second-order valence-corrected chi connectivity index (χ2v) is 5.45. The van der Waals surface area contributed by atoms with E-state index in [9.17, 15) is 22.0 Å². The maximum absolute atomic E-state index is 10.1. The summed E-state index contributed by atoms with van der Waals surface area (Å²) in [6.07, 6.45) is 0. The molecule has 0 saturated carbocycles. The minimum Gasteiger partial charge on any atom is -0.760 e. The molecule has 0 aliphatic heterocycles. The molecule has 1 unspecified atom stereocenters. The van der Waals surface area contributed by atoms with Crippen LogP contribution in [0.3, 0.4) is 0 Å². The van der Waals surface area contributed by atoms with Crippen molar-refractivity contribution < 1.29 is 27.1 Å². The van der Waals surface area contributed by atoms with Gasteiger partial charge in [0.15, 0.2) is 5.75 Å². The van der Waals surface area contributed by atoms with E-state index in [0.29, 0.717) is 0 Å². The van der Waals surface area contributed by atoms with Crippen LogP contribution >= 0.6 is 0 Å². The molecule has 0 aromatic rings. The molecule has 8 heteroatoms. The topological polar surface area (TPSA) is 112 Å². The fourth-order valence-corrected chi connectivity index (χ4v) is 1.19. The summed E-state index contributed by atoms with van der Waals surface area (Å²) in [7, 11) is -7.84. The van der Waals surface area contributed by atoms with Crippen LogP contribution in [0.4, 0.5) is 0 Å². The highest BCUT2D eigenvalue weighted by molar-refractivity contribution is 8.62. The number of rotatable bonds is 3. The zero-order chi connectivity index (χ0) is 8.36. The Labute approximate surface area is 58.5 Å². The van der Waals surface area contributed by atoms with E-state index in [2.05, 4.69) is 0 Å². The highest BCUT2D eigenvalue weighted by Crippen LogP contribution is 1.93. The summed E-state index contributed by atoms with van der Waals surface area (Å²) < 4.78 is 39.7. The smallest absolute Gasteiger partial charge is 0.319 e. The molecule has 0 radical (unpaired) electrons. The molecule has 0 amide bonds. The van der Waals surface area contributed by atoms with Crippen molar-refractivity contribution in [1.29, 1.82) is 0 Å². The molecule has 1 N–H and O–H groups in total.